The normalized spacial score (nSPS) is 28.7. The maximum atomic E-state index is 6.05. The van der Waals surface area contributed by atoms with Crippen LogP contribution < -0.4 is 0 Å². The summed E-state index contributed by atoms with van der Waals surface area (Å²) in [6.45, 7) is 0. The fraction of sp³-hybridized carbons (Fsp3) is 0.500. The van der Waals surface area contributed by atoms with E-state index >= 15 is 0 Å². The number of hydrogen-bond acceptors (Lipinski definition) is 1. The van der Waals surface area contributed by atoms with Crippen molar-refractivity contribution >= 4 is 37.2 Å². The Morgan fingerprint density at radius 3 is 2.60 bits per heavy atom. The Kier molecular flexibility index (Phi) is 3.89. The van der Waals surface area contributed by atoms with Crippen molar-refractivity contribution < 1.29 is 4.74 Å². The van der Waals surface area contributed by atoms with Crippen molar-refractivity contribution in [1.82, 2.24) is 0 Å². The molecular weight excluding hydrogens is 310 g/mol. The van der Waals surface area contributed by atoms with Crippen LogP contribution in [-0.4, -0.2) is 28.9 Å². The average molecular weight is 327 g/mol. The number of ether oxygens (including phenoxy) is 1. The van der Waals surface area contributed by atoms with Gasteiger partial charge in [0.25, 0.3) is 0 Å². The van der Waals surface area contributed by atoms with Crippen LogP contribution in [0.25, 0.3) is 5.57 Å². The molecule has 0 N–H and O–H groups in total. The molecule has 1 aromatic carbocycles. The fourth-order valence-corrected chi connectivity index (χ4v) is 4.30. The Bertz CT molecular complexity index is 556. The molecule has 3 rings (SSSR count). The molecule has 4 heteroatoms. The van der Waals surface area contributed by atoms with Crippen molar-refractivity contribution in [2.24, 2.45) is 5.41 Å². The molecule has 20 heavy (non-hydrogen) atoms. The Balaban J connectivity index is 2.01. The van der Waals surface area contributed by atoms with E-state index in [1.807, 2.05) is 0 Å². The van der Waals surface area contributed by atoms with Gasteiger partial charge in [0.05, 0.1) is 21.8 Å². The van der Waals surface area contributed by atoms with Gasteiger partial charge < -0.3 is 4.74 Å². The minimum Gasteiger partial charge on any atom is -0.381 e. The van der Waals surface area contributed by atoms with E-state index in [2.05, 4.69) is 34.1 Å². The number of fused-ring (bicyclic) bond motifs is 1. The lowest BCUT2D eigenvalue weighted by atomic mass is 9.62. The molecule has 1 spiro atoms. The SMILES string of the molecule is [B]C([B])=C1c2cc(Br)ccc2CC12CCC(OC)CC2. The molecule has 2 aliphatic rings. The van der Waals surface area contributed by atoms with Gasteiger partial charge in [-0.3, -0.25) is 0 Å². The average Bonchev–Trinajstić information content (AvgIpc) is 2.72. The van der Waals surface area contributed by atoms with Crippen molar-refractivity contribution in [2.45, 2.75) is 38.2 Å². The molecule has 0 saturated heterocycles. The summed E-state index contributed by atoms with van der Waals surface area (Å²) >= 11 is 3.55. The summed E-state index contributed by atoms with van der Waals surface area (Å²) in [4.78, 5) is 0. The van der Waals surface area contributed by atoms with E-state index < -0.39 is 0 Å². The molecule has 0 aromatic heterocycles. The van der Waals surface area contributed by atoms with Gasteiger partial charge in [-0.05, 0) is 60.8 Å². The number of hydrogen-bond donors (Lipinski definition) is 0. The van der Waals surface area contributed by atoms with E-state index in [-0.39, 0.29) is 5.41 Å². The van der Waals surface area contributed by atoms with Crippen molar-refractivity contribution in [2.75, 3.05) is 7.11 Å². The van der Waals surface area contributed by atoms with E-state index in [4.69, 9.17) is 20.4 Å². The lowest BCUT2D eigenvalue weighted by Gasteiger charge is -2.39. The first kappa shape index (κ1) is 14.5. The Morgan fingerprint density at radius 2 is 2.00 bits per heavy atom. The largest absolute Gasteiger partial charge is 0.381 e. The zero-order valence-electron chi connectivity index (χ0n) is 11.8. The van der Waals surface area contributed by atoms with E-state index in [0.717, 1.165) is 36.6 Å². The summed E-state index contributed by atoms with van der Waals surface area (Å²) < 4.78 is 6.58. The summed E-state index contributed by atoms with van der Waals surface area (Å²) in [6, 6.07) is 6.45. The predicted octanol–water partition coefficient (Wildman–Crippen LogP) is 3.59. The van der Waals surface area contributed by atoms with Gasteiger partial charge >= 0.3 is 0 Å². The highest BCUT2D eigenvalue weighted by molar-refractivity contribution is 9.10. The van der Waals surface area contributed by atoms with Crippen LogP contribution in [0.15, 0.2) is 28.0 Å². The molecule has 4 radical (unpaired) electrons. The van der Waals surface area contributed by atoms with Gasteiger partial charge in [-0.25, -0.2) is 0 Å². The molecule has 100 valence electrons. The molecule has 2 aliphatic carbocycles. The van der Waals surface area contributed by atoms with E-state index in [1.54, 1.807) is 7.11 Å². The van der Waals surface area contributed by atoms with E-state index in [1.165, 1.54) is 16.7 Å². The quantitative estimate of drug-likeness (QED) is 0.717. The minimum atomic E-state index is 0.122. The summed E-state index contributed by atoms with van der Waals surface area (Å²) in [7, 11) is 13.9. The van der Waals surface area contributed by atoms with Crippen LogP contribution >= 0.6 is 15.9 Å². The van der Waals surface area contributed by atoms with Crippen molar-refractivity contribution in [1.29, 1.82) is 0 Å². The predicted molar refractivity (Wildman–Crippen MR) is 88.0 cm³/mol. The van der Waals surface area contributed by atoms with Crippen molar-refractivity contribution in [3.8, 4) is 0 Å². The smallest absolute Gasteiger partial charge is 0.0927 e. The number of halogens is 1. The second-order valence-corrected chi connectivity index (χ2v) is 6.94. The van der Waals surface area contributed by atoms with E-state index in [9.17, 15) is 0 Å². The van der Waals surface area contributed by atoms with Gasteiger partial charge in [0.2, 0.25) is 0 Å². The maximum absolute atomic E-state index is 6.05. The number of methoxy groups -OCH3 is 1. The van der Waals surface area contributed by atoms with Crippen LogP contribution in [-0.2, 0) is 11.2 Å². The summed E-state index contributed by atoms with van der Waals surface area (Å²) in [5.41, 5.74) is 3.89. The summed E-state index contributed by atoms with van der Waals surface area (Å²) in [5.74, 6) is 0. The van der Waals surface area contributed by atoms with Crippen LogP contribution in [0.3, 0.4) is 0 Å². The molecule has 0 aliphatic heterocycles. The standard InChI is InChI=1S/C16H17B2BrO/c1-20-12-4-6-16(7-5-12)9-10-2-3-11(19)8-13(10)14(16)15(17)18/h2-3,8,12H,4-7,9H2,1H3. The van der Waals surface area contributed by atoms with Crippen LogP contribution in [0.2, 0.25) is 0 Å². The third-order valence-corrected chi connectivity index (χ3v) is 5.41. The van der Waals surface area contributed by atoms with Crippen LogP contribution in [0, 0.1) is 5.41 Å². The lowest BCUT2D eigenvalue weighted by Crippen LogP contribution is -2.31. The molecule has 0 atom stereocenters. The lowest BCUT2D eigenvalue weighted by molar-refractivity contribution is 0.0447. The first-order valence-electron chi connectivity index (χ1n) is 7.13. The van der Waals surface area contributed by atoms with Gasteiger partial charge in [-0.1, -0.05) is 27.6 Å². The molecule has 0 amide bonds. The highest BCUT2D eigenvalue weighted by atomic mass is 79.9. The molecule has 1 saturated carbocycles. The molecule has 1 nitrogen and oxygen atoms in total. The van der Waals surface area contributed by atoms with Gasteiger partial charge in [0, 0.05) is 11.6 Å². The second kappa shape index (κ2) is 5.38. The van der Waals surface area contributed by atoms with Crippen LogP contribution in [0.1, 0.15) is 36.8 Å². The Morgan fingerprint density at radius 1 is 1.30 bits per heavy atom. The highest BCUT2D eigenvalue weighted by Crippen LogP contribution is 2.55. The first-order valence-corrected chi connectivity index (χ1v) is 7.92. The number of allylic oxidation sites excluding steroid dienone is 1. The molecule has 0 unspecified atom stereocenters. The molecule has 0 heterocycles. The molecule has 1 aromatic rings. The molecular formula is C16H17B2BrO. The van der Waals surface area contributed by atoms with Crippen molar-refractivity contribution in [3.05, 3.63) is 39.2 Å². The summed E-state index contributed by atoms with van der Waals surface area (Å²) in [5, 5.41) is 0.484. The van der Waals surface area contributed by atoms with Gasteiger partial charge in [0.1, 0.15) is 0 Å². The molecule has 0 bridgehead atoms. The Hall–Kier alpha value is -0.470. The zero-order chi connectivity index (χ0) is 14.3. The third kappa shape index (κ3) is 2.31. The van der Waals surface area contributed by atoms with Crippen molar-refractivity contribution in [3.63, 3.8) is 0 Å². The maximum Gasteiger partial charge on any atom is 0.0927 e. The third-order valence-electron chi connectivity index (χ3n) is 4.91. The zero-order valence-corrected chi connectivity index (χ0v) is 13.4. The van der Waals surface area contributed by atoms with Gasteiger partial charge in [0.15, 0.2) is 0 Å². The number of rotatable bonds is 1. The molecule has 1 fully saturated rings. The Labute approximate surface area is 132 Å². The van der Waals surface area contributed by atoms with Gasteiger partial charge in [-0.15, -0.1) is 0 Å². The number of benzene rings is 1. The monoisotopic (exact) mass is 326 g/mol. The second-order valence-electron chi connectivity index (χ2n) is 6.02. The summed E-state index contributed by atoms with van der Waals surface area (Å²) in [6.07, 6.45) is 5.82. The fourth-order valence-electron chi connectivity index (χ4n) is 3.94. The van der Waals surface area contributed by atoms with Gasteiger partial charge in [-0.2, -0.15) is 5.37 Å². The van der Waals surface area contributed by atoms with Crippen LogP contribution in [0.5, 0.6) is 0 Å². The minimum absolute atomic E-state index is 0.122. The first-order chi connectivity index (χ1) is 9.55. The topological polar surface area (TPSA) is 9.23 Å². The van der Waals surface area contributed by atoms with Crippen LogP contribution in [0.4, 0.5) is 0 Å². The van der Waals surface area contributed by atoms with E-state index in [0.29, 0.717) is 11.5 Å². The highest BCUT2D eigenvalue weighted by Gasteiger charge is 2.44.